The molecule has 0 spiro atoms. The van der Waals surface area contributed by atoms with Gasteiger partial charge in [0.05, 0.1) is 19.8 Å². The van der Waals surface area contributed by atoms with E-state index < -0.39 is 0 Å². The maximum absolute atomic E-state index is 11.8. The number of ether oxygens (including phenoxy) is 2. The van der Waals surface area contributed by atoms with Crippen molar-refractivity contribution in [2.45, 2.75) is 20.0 Å². The van der Waals surface area contributed by atoms with Gasteiger partial charge in [0.1, 0.15) is 6.54 Å². The predicted octanol–water partition coefficient (Wildman–Crippen LogP) is 1.25. The highest BCUT2D eigenvalue weighted by Crippen LogP contribution is 2.17. The fourth-order valence-corrected chi connectivity index (χ4v) is 3.00. The number of likely N-dealkylation sites (tertiary alicyclic amines) is 1. The lowest BCUT2D eigenvalue weighted by Crippen LogP contribution is -2.41. The minimum Gasteiger partial charge on any atom is -0.383 e. The summed E-state index contributed by atoms with van der Waals surface area (Å²) in [5.74, 6) is 1.18. The molecule has 1 aliphatic heterocycles. The monoisotopic (exact) mass is 376 g/mol. The van der Waals surface area contributed by atoms with Crippen molar-refractivity contribution < 1.29 is 14.3 Å². The van der Waals surface area contributed by atoms with Crippen molar-refractivity contribution in [3.63, 3.8) is 0 Å². The van der Waals surface area contributed by atoms with Gasteiger partial charge in [-0.2, -0.15) is 0 Å². The maximum atomic E-state index is 11.8. The first-order chi connectivity index (χ1) is 13.2. The van der Waals surface area contributed by atoms with E-state index in [4.69, 9.17) is 9.47 Å². The Kier molecular flexibility index (Phi) is 9.65. The Morgan fingerprint density at radius 3 is 2.85 bits per heavy atom. The largest absolute Gasteiger partial charge is 0.383 e. The Hall–Kier alpha value is -2.12. The van der Waals surface area contributed by atoms with Gasteiger partial charge in [-0.15, -0.1) is 0 Å². The molecule has 1 saturated heterocycles. The Labute approximate surface area is 162 Å². The molecule has 7 nitrogen and oxygen atoms in total. The van der Waals surface area contributed by atoms with Crippen LogP contribution in [0.1, 0.15) is 18.9 Å². The molecule has 1 fully saturated rings. The first kappa shape index (κ1) is 21.2. The van der Waals surface area contributed by atoms with Crippen LogP contribution < -0.4 is 10.6 Å². The van der Waals surface area contributed by atoms with Crippen LogP contribution >= 0.6 is 0 Å². The normalized spacial score (nSPS) is 17.2. The maximum Gasteiger partial charge on any atom is 0.241 e. The molecular formula is C20H32N4O3. The fraction of sp³-hybridized carbons (Fsp3) is 0.600. The Morgan fingerprint density at radius 2 is 2.11 bits per heavy atom. The average Bonchev–Trinajstić information content (AvgIpc) is 3.15. The van der Waals surface area contributed by atoms with E-state index in [1.807, 2.05) is 25.1 Å². The molecule has 1 unspecified atom stereocenters. The van der Waals surface area contributed by atoms with Crippen LogP contribution in [0, 0.1) is 5.92 Å². The number of carbonyl (C=O) groups excluding carboxylic acids is 1. The molecule has 0 bridgehead atoms. The smallest absolute Gasteiger partial charge is 0.241 e. The highest BCUT2D eigenvalue weighted by atomic mass is 16.5. The van der Waals surface area contributed by atoms with Gasteiger partial charge < -0.3 is 25.0 Å². The number of amides is 1. The summed E-state index contributed by atoms with van der Waals surface area (Å²) in [4.78, 5) is 18.5. The van der Waals surface area contributed by atoms with E-state index >= 15 is 0 Å². The molecular weight excluding hydrogens is 344 g/mol. The standard InChI is InChI=1S/C20H32N4O3/c1-3-21-20(23-13-19(25)22-10-12-26-2)24-11-9-18(14-24)16-27-15-17-7-5-4-6-8-17/h4-8,18H,3,9-16H2,1-2H3,(H,21,23)(H,22,25). The van der Waals surface area contributed by atoms with Crippen molar-refractivity contribution in [3.8, 4) is 0 Å². The van der Waals surface area contributed by atoms with E-state index in [1.165, 1.54) is 5.56 Å². The highest BCUT2D eigenvalue weighted by molar-refractivity contribution is 5.85. The lowest BCUT2D eigenvalue weighted by molar-refractivity contribution is -0.119. The van der Waals surface area contributed by atoms with E-state index in [0.29, 0.717) is 25.7 Å². The van der Waals surface area contributed by atoms with Crippen LogP contribution in [0.4, 0.5) is 0 Å². The van der Waals surface area contributed by atoms with Gasteiger partial charge in [-0.25, -0.2) is 4.99 Å². The molecule has 0 aliphatic carbocycles. The van der Waals surface area contributed by atoms with E-state index in [9.17, 15) is 4.79 Å². The van der Waals surface area contributed by atoms with Crippen molar-refractivity contribution in [1.29, 1.82) is 0 Å². The second-order valence-electron chi connectivity index (χ2n) is 6.61. The molecule has 150 valence electrons. The van der Waals surface area contributed by atoms with Crippen LogP contribution in [0.3, 0.4) is 0 Å². The van der Waals surface area contributed by atoms with Crippen molar-refractivity contribution in [1.82, 2.24) is 15.5 Å². The Bertz CT molecular complexity index is 580. The zero-order valence-corrected chi connectivity index (χ0v) is 16.4. The molecule has 1 aromatic rings. The lowest BCUT2D eigenvalue weighted by Gasteiger charge is -2.21. The van der Waals surface area contributed by atoms with Crippen LogP contribution in [0.2, 0.25) is 0 Å². The quantitative estimate of drug-likeness (QED) is 0.365. The molecule has 1 atom stereocenters. The lowest BCUT2D eigenvalue weighted by atomic mass is 10.1. The molecule has 7 heteroatoms. The second-order valence-corrected chi connectivity index (χ2v) is 6.61. The van der Waals surface area contributed by atoms with Gasteiger partial charge in [-0.1, -0.05) is 30.3 Å². The number of carbonyl (C=O) groups is 1. The van der Waals surface area contributed by atoms with Gasteiger partial charge in [-0.05, 0) is 18.9 Å². The molecule has 2 rings (SSSR count). The third-order valence-corrected chi connectivity index (χ3v) is 4.39. The third kappa shape index (κ3) is 7.97. The SMILES string of the molecule is CCNC(=NCC(=O)NCCOC)N1CCC(COCc2ccccc2)C1. The van der Waals surface area contributed by atoms with Crippen LogP contribution in [0.25, 0.3) is 0 Å². The third-order valence-electron chi connectivity index (χ3n) is 4.39. The Morgan fingerprint density at radius 1 is 1.30 bits per heavy atom. The van der Waals surface area contributed by atoms with E-state index in [0.717, 1.165) is 38.6 Å². The van der Waals surface area contributed by atoms with Crippen LogP contribution in [-0.2, 0) is 20.9 Å². The number of hydrogen-bond acceptors (Lipinski definition) is 4. The summed E-state index contributed by atoms with van der Waals surface area (Å²) in [6.45, 7) is 7.15. The van der Waals surface area contributed by atoms with E-state index in [-0.39, 0.29) is 12.5 Å². The molecule has 2 N–H and O–H groups in total. The van der Waals surface area contributed by atoms with Gasteiger partial charge in [0.25, 0.3) is 0 Å². The van der Waals surface area contributed by atoms with Crippen molar-refractivity contribution in [2.75, 3.05) is 53.0 Å². The number of guanidine groups is 1. The molecule has 27 heavy (non-hydrogen) atoms. The number of nitrogens with zero attached hydrogens (tertiary/aromatic N) is 2. The minimum atomic E-state index is -0.0932. The topological polar surface area (TPSA) is 75.2 Å². The summed E-state index contributed by atoms with van der Waals surface area (Å²) in [7, 11) is 1.61. The predicted molar refractivity (Wildman–Crippen MR) is 107 cm³/mol. The van der Waals surface area contributed by atoms with E-state index in [1.54, 1.807) is 7.11 Å². The van der Waals surface area contributed by atoms with Gasteiger partial charge in [0.2, 0.25) is 5.91 Å². The Balaban J connectivity index is 1.75. The van der Waals surface area contributed by atoms with Gasteiger partial charge in [0, 0.05) is 39.2 Å². The summed E-state index contributed by atoms with van der Waals surface area (Å²) < 4.78 is 10.8. The minimum absolute atomic E-state index is 0.0932. The summed E-state index contributed by atoms with van der Waals surface area (Å²) in [5, 5.41) is 6.07. The number of methoxy groups -OCH3 is 1. The molecule has 1 heterocycles. The van der Waals surface area contributed by atoms with Crippen molar-refractivity contribution in [3.05, 3.63) is 35.9 Å². The summed E-state index contributed by atoms with van der Waals surface area (Å²) in [5.41, 5.74) is 1.20. The van der Waals surface area contributed by atoms with Crippen LogP contribution in [0.15, 0.2) is 35.3 Å². The van der Waals surface area contributed by atoms with Gasteiger partial charge >= 0.3 is 0 Å². The van der Waals surface area contributed by atoms with E-state index in [2.05, 4.69) is 32.7 Å². The molecule has 0 saturated carbocycles. The highest BCUT2D eigenvalue weighted by Gasteiger charge is 2.25. The first-order valence-electron chi connectivity index (χ1n) is 9.63. The van der Waals surface area contributed by atoms with Gasteiger partial charge in [0.15, 0.2) is 5.96 Å². The average molecular weight is 377 g/mol. The summed E-state index contributed by atoms with van der Waals surface area (Å²) >= 11 is 0. The number of nitrogens with one attached hydrogen (secondary N) is 2. The van der Waals surface area contributed by atoms with Crippen LogP contribution in [0.5, 0.6) is 0 Å². The second kappa shape index (κ2) is 12.3. The van der Waals surface area contributed by atoms with Crippen LogP contribution in [-0.4, -0.2) is 69.8 Å². The summed E-state index contributed by atoms with van der Waals surface area (Å²) in [6.07, 6.45) is 1.07. The molecule has 1 aromatic carbocycles. The number of benzene rings is 1. The first-order valence-corrected chi connectivity index (χ1v) is 9.63. The zero-order valence-electron chi connectivity index (χ0n) is 16.4. The fourth-order valence-electron chi connectivity index (χ4n) is 3.00. The number of aliphatic imine (C=N–C) groups is 1. The molecule has 1 amide bonds. The van der Waals surface area contributed by atoms with Gasteiger partial charge in [-0.3, -0.25) is 4.79 Å². The molecule has 0 radical (unpaired) electrons. The zero-order chi connectivity index (χ0) is 19.3. The molecule has 1 aliphatic rings. The van der Waals surface area contributed by atoms with Crippen molar-refractivity contribution >= 4 is 11.9 Å². The number of hydrogen-bond donors (Lipinski definition) is 2. The number of rotatable bonds is 10. The summed E-state index contributed by atoms with van der Waals surface area (Å²) in [6, 6.07) is 10.2. The molecule has 0 aromatic heterocycles. The van der Waals surface area contributed by atoms with Crippen molar-refractivity contribution in [2.24, 2.45) is 10.9 Å².